The highest BCUT2D eigenvalue weighted by molar-refractivity contribution is 5.94. The molecule has 1 aliphatic heterocycles. The summed E-state index contributed by atoms with van der Waals surface area (Å²) in [7, 11) is 0. The Morgan fingerprint density at radius 3 is 2.29 bits per heavy atom. The van der Waals surface area contributed by atoms with E-state index in [1.165, 1.54) is 0 Å². The Balaban J connectivity index is 1.49. The van der Waals surface area contributed by atoms with E-state index in [9.17, 15) is 9.59 Å². The summed E-state index contributed by atoms with van der Waals surface area (Å²) in [5.74, 6) is -0.0237. The highest BCUT2D eigenvalue weighted by atomic mass is 16.2. The fraction of sp³-hybridized carbons (Fsp3) is 0.385. The number of nitrogens with one attached hydrogen (secondary N) is 1. The zero-order chi connectivity index (χ0) is 22.2. The number of carbonyl (C=O) groups is 2. The van der Waals surface area contributed by atoms with Gasteiger partial charge in [0, 0.05) is 49.0 Å². The molecular formula is C26H33N3O2. The van der Waals surface area contributed by atoms with Gasteiger partial charge in [-0.1, -0.05) is 30.3 Å². The standard InChI is InChI=1S/C26H33N3O2/c1-4-29(20(2)3)24-13-11-23(12-14-24)27-26(31)22-16-18-28(19-17-22)25(30)15-10-21-8-6-5-7-9-21/h5-15,20,22H,4,16-19H2,1-3H3,(H,27,31)/b15-10+. The first-order chi connectivity index (χ1) is 15.0. The van der Waals surface area contributed by atoms with Crippen molar-refractivity contribution in [1.29, 1.82) is 0 Å². The summed E-state index contributed by atoms with van der Waals surface area (Å²) < 4.78 is 0. The Morgan fingerprint density at radius 1 is 1.06 bits per heavy atom. The monoisotopic (exact) mass is 419 g/mol. The normalized spacial score (nSPS) is 14.8. The van der Waals surface area contributed by atoms with Crippen LogP contribution >= 0.6 is 0 Å². The van der Waals surface area contributed by atoms with Crippen LogP contribution < -0.4 is 10.2 Å². The van der Waals surface area contributed by atoms with Gasteiger partial charge in [0.1, 0.15) is 0 Å². The summed E-state index contributed by atoms with van der Waals surface area (Å²) >= 11 is 0. The number of benzene rings is 2. The molecule has 5 heteroatoms. The summed E-state index contributed by atoms with van der Waals surface area (Å²) in [6.07, 6.45) is 4.83. The lowest BCUT2D eigenvalue weighted by Gasteiger charge is -2.30. The van der Waals surface area contributed by atoms with Gasteiger partial charge in [0.15, 0.2) is 0 Å². The minimum atomic E-state index is -0.0652. The van der Waals surface area contributed by atoms with Gasteiger partial charge < -0.3 is 15.1 Å². The molecule has 164 valence electrons. The van der Waals surface area contributed by atoms with Crippen molar-refractivity contribution in [3.8, 4) is 0 Å². The minimum absolute atomic E-state index is 0.00364. The SMILES string of the molecule is CCN(c1ccc(NC(=O)C2CCN(C(=O)/C=C/c3ccccc3)CC2)cc1)C(C)C. The van der Waals surface area contributed by atoms with Crippen LogP contribution in [-0.2, 0) is 9.59 Å². The number of anilines is 2. The second-order valence-electron chi connectivity index (χ2n) is 8.26. The molecular weight excluding hydrogens is 386 g/mol. The molecule has 0 atom stereocenters. The largest absolute Gasteiger partial charge is 0.369 e. The first-order valence-corrected chi connectivity index (χ1v) is 11.2. The van der Waals surface area contributed by atoms with Crippen molar-refractivity contribution in [3.63, 3.8) is 0 Å². The van der Waals surface area contributed by atoms with Gasteiger partial charge in [0.05, 0.1) is 0 Å². The van der Waals surface area contributed by atoms with E-state index in [0.29, 0.717) is 32.0 Å². The molecule has 0 radical (unpaired) electrons. The van der Waals surface area contributed by atoms with Gasteiger partial charge in [-0.05, 0) is 69.5 Å². The zero-order valence-electron chi connectivity index (χ0n) is 18.8. The molecule has 0 aliphatic carbocycles. The Labute approximate surface area is 185 Å². The Kier molecular flexibility index (Phi) is 7.88. The molecule has 5 nitrogen and oxygen atoms in total. The molecule has 0 bridgehead atoms. The summed E-state index contributed by atoms with van der Waals surface area (Å²) in [6.45, 7) is 8.65. The lowest BCUT2D eigenvalue weighted by atomic mass is 9.95. The van der Waals surface area contributed by atoms with Crippen LogP contribution in [0.15, 0.2) is 60.7 Å². The average Bonchev–Trinajstić information content (AvgIpc) is 2.79. The van der Waals surface area contributed by atoms with Gasteiger partial charge in [0.25, 0.3) is 0 Å². The zero-order valence-corrected chi connectivity index (χ0v) is 18.8. The molecule has 2 aromatic rings. The molecule has 0 saturated carbocycles. The van der Waals surface area contributed by atoms with Crippen molar-refractivity contribution in [3.05, 3.63) is 66.2 Å². The molecule has 0 unspecified atom stereocenters. The number of carbonyl (C=O) groups excluding carboxylic acids is 2. The molecule has 3 rings (SSSR count). The number of hydrogen-bond acceptors (Lipinski definition) is 3. The van der Waals surface area contributed by atoms with Gasteiger partial charge in [0.2, 0.25) is 11.8 Å². The predicted octanol–water partition coefficient (Wildman–Crippen LogP) is 4.81. The lowest BCUT2D eigenvalue weighted by molar-refractivity contribution is -0.130. The Morgan fingerprint density at radius 2 is 1.71 bits per heavy atom. The minimum Gasteiger partial charge on any atom is -0.369 e. The van der Waals surface area contributed by atoms with Gasteiger partial charge in [-0.2, -0.15) is 0 Å². The molecule has 1 aliphatic rings. The van der Waals surface area contributed by atoms with Gasteiger partial charge in [-0.3, -0.25) is 9.59 Å². The van der Waals surface area contributed by atoms with Crippen molar-refractivity contribution in [2.75, 3.05) is 29.9 Å². The maximum absolute atomic E-state index is 12.7. The van der Waals surface area contributed by atoms with Crippen LogP contribution in [0.3, 0.4) is 0 Å². The molecule has 31 heavy (non-hydrogen) atoms. The number of hydrogen-bond donors (Lipinski definition) is 1. The summed E-state index contributed by atoms with van der Waals surface area (Å²) in [4.78, 5) is 29.3. The Hall–Kier alpha value is -3.08. The second-order valence-corrected chi connectivity index (χ2v) is 8.26. The van der Waals surface area contributed by atoms with Gasteiger partial charge >= 0.3 is 0 Å². The van der Waals surface area contributed by atoms with Gasteiger partial charge in [-0.25, -0.2) is 0 Å². The van der Waals surface area contributed by atoms with E-state index in [4.69, 9.17) is 0 Å². The van der Waals surface area contributed by atoms with Crippen LogP contribution in [-0.4, -0.2) is 42.4 Å². The molecule has 2 amide bonds. The van der Waals surface area contributed by atoms with Crippen molar-refractivity contribution in [2.45, 2.75) is 39.7 Å². The summed E-state index contributed by atoms with van der Waals surface area (Å²) in [5.41, 5.74) is 2.98. The number of piperidine rings is 1. The smallest absolute Gasteiger partial charge is 0.246 e. The molecule has 0 aromatic heterocycles. The lowest BCUT2D eigenvalue weighted by Crippen LogP contribution is -2.40. The summed E-state index contributed by atoms with van der Waals surface area (Å²) in [5, 5.41) is 3.04. The van der Waals surface area contributed by atoms with Crippen LogP contribution in [0.2, 0.25) is 0 Å². The van der Waals surface area contributed by atoms with Crippen LogP contribution in [0.4, 0.5) is 11.4 Å². The third-order valence-electron chi connectivity index (χ3n) is 5.83. The van der Waals surface area contributed by atoms with E-state index in [1.807, 2.05) is 53.4 Å². The topological polar surface area (TPSA) is 52.7 Å². The summed E-state index contributed by atoms with van der Waals surface area (Å²) in [6, 6.07) is 18.3. The van der Waals surface area contributed by atoms with E-state index in [0.717, 1.165) is 23.5 Å². The van der Waals surface area contributed by atoms with Crippen LogP contribution in [0.5, 0.6) is 0 Å². The third kappa shape index (κ3) is 6.20. The third-order valence-corrected chi connectivity index (χ3v) is 5.83. The quantitative estimate of drug-likeness (QED) is 0.655. The van der Waals surface area contributed by atoms with Gasteiger partial charge in [-0.15, -0.1) is 0 Å². The number of rotatable bonds is 7. The fourth-order valence-corrected chi connectivity index (χ4v) is 4.03. The highest BCUT2D eigenvalue weighted by Gasteiger charge is 2.26. The number of likely N-dealkylation sites (tertiary alicyclic amines) is 1. The highest BCUT2D eigenvalue weighted by Crippen LogP contribution is 2.23. The predicted molar refractivity (Wildman–Crippen MR) is 128 cm³/mol. The van der Waals surface area contributed by atoms with E-state index in [-0.39, 0.29) is 17.7 Å². The van der Waals surface area contributed by atoms with E-state index in [2.05, 4.69) is 43.1 Å². The molecule has 2 aromatic carbocycles. The molecule has 0 spiro atoms. The fourth-order valence-electron chi connectivity index (χ4n) is 4.03. The van der Waals surface area contributed by atoms with E-state index >= 15 is 0 Å². The van der Waals surface area contributed by atoms with Crippen molar-refractivity contribution in [2.24, 2.45) is 5.92 Å². The first kappa shape index (κ1) is 22.6. The van der Waals surface area contributed by atoms with Crippen molar-refractivity contribution >= 4 is 29.3 Å². The average molecular weight is 420 g/mol. The van der Waals surface area contributed by atoms with Crippen molar-refractivity contribution < 1.29 is 9.59 Å². The molecule has 1 N–H and O–H groups in total. The molecule has 1 saturated heterocycles. The van der Waals surface area contributed by atoms with Crippen LogP contribution in [0, 0.1) is 5.92 Å². The van der Waals surface area contributed by atoms with Crippen molar-refractivity contribution in [1.82, 2.24) is 4.90 Å². The maximum atomic E-state index is 12.7. The second kappa shape index (κ2) is 10.8. The number of nitrogens with zero attached hydrogens (tertiary/aromatic N) is 2. The number of amides is 2. The van der Waals surface area contributed by atoms with E-state index < -0.39 is 0 Å². The maximum Gasteiger partial charge on any atom is 0.246 e. The van der Waals surface area contributed by atoms with Crippen LogP contribution in [0.1, 0.15) is 39.2 Å². The van der Waals surface area contributed by atoms with E-state index in [1.54, 1.807) is 6.08 Å². The van der Waals surface area contributed by atoms with Crippen LogP contribution in [0.25, 0.3) is 6.08 Å². The Bertz CT molecular complexity index is 883. The first-order valence-electron chi connectivity index (χ1n) is 11.2. The molecule has 1 heterocycles. The molecule has 1 fully saturated rings.